The summed E-state index contributed by atoms with van der Waals surface area (Å²) < 4.78 is 29.6. The molecule has 0 radical (unpaired) electrons. The Labute approximate surface area is 221 Å². The molecule has 2 aromatic heterocycles. The lowest BCUT2D eigenvalue weighted by Crippen LogP contribution is -2.49. The number of anilines is 3. The SMILES string of the molecule is O=C(N[C@@H]1CCC[C@@H](OC(F)F)C1)N[C@H]1CC[C@H](Nc2nccc(Nc3cc(C4CCCC4)[nH]n3)n2)CC1. The Hall–Kier alpha value is -3.02. The molecule has 12 heteroatoms. The molecular weight excluding hydrogens is 494 g/mol. The number of rotatable bonds is 9. The van der Waals surface area contributed by atoms with Crippen molar-refractivity contribution in [3.8, 4) is 0 Å². The highest BCUT2D eigenvalue weighted by molar-refractivity contribution is 5.74. The number of urea groups is 1. The number of nitrogens with one attached hydrogen (secondary N) is 5. The van der Waals surface area contributed by atoms with Gasteiger partial charge in [-0.25, -0.2) is 9.78 Å². The number of nitrogens with zero attached hydrogens (tertiary/aromatic N) is 3. The van der Waals surface area contributed by atoms with Gasteiger partial charge in [-0.05, 0) is 70.3 Å². The molecule has 5 N–H and O–H groups in total. The maximum absolute atomic E-state index is 12.5. The summed E-state index contributed by atoms with van der Waals surface area (Å²) in [5.74, 6) is 2.58. The van der Waals surface area contributed by atoms with Crippen molar-refractivity contribution in [2.45, 2.75) is 114 Å². The summed E-state index contributed by atoms with van der Waals surface area (Å²) in [6.45, 7) is -2.77. The first-order valence-corrected chi connectivity index (χ1v) is 13.9. The molecule has 0 saturated heterocycles. The number of hydrogen-bond acceptors (Lipinski definition) is 7. The quantitative estimate of drug-likeness (QED) is 0.301. The van der Waals surface area contributed by atoms with Crippen molar-refractivity contribution in [2.75, 3.05) is 10.6 Å². The van der Waals surface area contributed by atoms with Crippen LogP contribution in [0.15, 0.2) is 18.3 Å². The predicted molar refractivity (Wildman–Crippen MR) is 140 cm³/mol. The molecule has 2 atom stereocenters. The molecule has 2 heterocycles. The number of aromatic amines is 1. The largest absolute Gasteiger partial charge is 0.351 e. The van der Waals surface area contributed by atoms with Crippen LogP contribution in [0.5, 0.6) is 0 Å². The average molecular weight is 533 g/mol. The highest BCUT2D eigenvalue weighted by Crippen LogP contribution is 2.34. The number of carbonyl (C=O) groups is 1. The number of H-pyrrole nitrogens is 1. The van der Waals surface area contributed by atoms with E-state index in [1.165, 1.54) is 31.4 Å². The fraction of sp³-hybridized carbons (Fsp3) is 0.692. The molecule has 0 aliphatic heterocycles. The van der Waals surface area contributed by atoms with Crippen molar-refractivity contribution in [3.05, 3.63) is 24.0 Å². The molecule has 3 aliphatic carbocycles. The number of carbonyl (C=O) groups excluding carboxylic acids is 1. The summed E-state index contributed by atoms with van der Waals surface area (Å²) in [7, 11) is 0. The maximum Gasteiger partial charge on any atom is 0.345 e. The normalized spacial score (nSPS) is 26.3. The topological polar surface area (TPSA) is 129 Å². The van der Waals surface area contributed by atoms with Gasteiger partial charge < -0.3 is 26.0 Å². The van der Waals surface area contributed by atoms with Gasteiger partial charge in [-0.1, -0.05) is 12.8 Å². The summed E-state index contributed by atoms with van der Waals surface area (Å²) in [6, 6.07) is 3.81. The Bertz CT molecular complexity index is 1040. The van der Waals surface area contributed by atoms with Crippen molar-refractivity contribution in [3.63, 3.8) is 0 Å². The maximum atomic E-state index is 12.5. The minimum atomic E-state index is -2.77. The molecule has 0 aromatic carbocycles. The lowest BCUT2D eigenvalue weighted by Gasteiger charge is -2.32. The lowest BCUT2D eigenvalue weighted by molar-refractivity contribution is -0.170. The third-order valence-electron chi connectivity index (χ3n) is 7.96. The molecule has 3 aliphatic rings. The zero-order valence-corrected chi connectivity index (χ0v) is 21.6. The highest BCUT2D eigenvalue weighted by atomic mass is 19.3. The zero-order chi connectivity index (χ0) is 26.3. The molecular formula is C26H38F2N8O2. The minimum Gasteiger partial charge on any atom is -0.351 e. The molecule has 0 spiro atoms. The fourth-order valence-electron chi connectivity index (χ4n) is 6.00. The molecule has 208 valence electrons. The van der Waals surface area contributed by atoms with Crippen LogP contribution < -0.4 is 21.3 Å². The summed E-state index contributed by atoms with van der Waals surface area (Å²) in [6.07, 6.45) is 12.2. The van der Waals surface area contributed by atoms with E-state index in [2.05, 4.69) is 52.2 Å². The smallest absolute Gasteiger partial charge is 0.345 e. The van der Waals surface area contributed by atoms with Gasteiger partial charge in [0.25, 0.3) is 0 Å². The van der Waals surface area contributed by atoms with E-state index in [4.69, 9.17) is 0 Å². The van der Waals surface area contributed by atoms with Gasteiger partial charge in [0.2, 0.25) is 5.95 Å². The molecule has 10 nitrogen and oxygen atoms in total. The van der Waals surface area contributed by atoms with E-state index < -0.39 is 12.7 Å². The Kier molecular flexibility index (Phi) is 8.87. The van der Waals surface area contributed by atoms with Crippen molar-refractivity contribution < 1.29 is 18.3 Å². The van der Waals surface area contributed by atoms with E-state index in [0.29, 0.717) is 30.5 Å². The molecule has 0 bridgehead atoms. The number of alkyl halides is 2. The van der Waals surface area contributed by atoms with Crippen molar-refractivity contribution in [1.29, 1.82) is 0 Å². The van der Waals surface area contributed by atoms with Gasteiger partial charge in [-0.3, -0.25) is 5.10 Å². The van der Waals surface area contributed by atoms with Gasteiger partial charge in [-0.15, -0.1) is 0 Å². The molecule has 2 aromatic rings. The highest BCUT2D eigenvalue weighted by Gasteiger charge is 2.28. The number of hydrogen-bond donors (Lipinski definition) is 5. The van der Waals surface area contributed by atoms with Gasteiger partial charge in [0.05, 0.1) is 6.10 Å². The van der Waals surface area contributed by atoms with E-state index in [0.717, 1.165) is 44.3 Å². The van der Waals surface area contributed by atoms with Crippen LogP contribution in [0.3, 0.4) is 0 Å². The summed E-state index contributed by atoms with van der Waals surface area (Å²) >= 11 is 0. The Morgan fingerprint density at radius 2 is 1.71 bits per heavy atom. The van der Waals surface area contributed by atoms with Crippen LogP contribution in [0.2, 0.25) is 0 Å². The number of amides is 2. The molecule has 0 unspecified atom stereocenters. The van der Waals surface area contributed by atoms with E-state index in [9.17, 15) is 13.6 Å². The van der Waals surface area contributed by atoms with Crippen LogP contribution in [-0.2, 0) is 4.74 Å². The van der Waals surface area contributed by atoms with Gasteiger partial charge in [0.15, 0.2) is 5.82 Å². The lowest BCUT2D eigenvalue weighted by atomic mass is 9.91. The van der Waals surface area contributed by atoms with E-state index in [1.807, 2.05) is 6.07 Å². The Morgan fingerprint density at radius 1 is 0.947 bits per heavy atom. The van der Waals surface area contributed by atoms with Gasteiger partial charge in [-0.2, -0.15) is 18.9 Å². The summed E-state index contributed by atoms with van der Waals surface area (Å²) in [4.78, 5) is 21.5. The molecule has 3 fully saturated rings. The summed E-state index contributed by atoms with van der Waals surface area (Å²) in [5.41, 5.74) is 1.18. The first kappa shape index (κ1) is 26.6. The number of halogens is 2. The van der Waals surface area contributed by atoms with E-state index in [1.54, 1.807) is 6.20 Å². The molecule has 3 saturated carbocycles. The van der Waals surface area contributed by atoms with Gasteiger partial charge in [0.1, 0.15) is 5.82 Å². The predicted octanol–water partition coefficient (Wildman–Crippen LogP) is 5.17. The third-order valence-corrected chi connectivity index (χ3v) is 7.96. The number of ether oxygens (including phenoxy) is 1. The van der Waals surface area contributed by atoms with E-state index in [-0.39, 0.29) is 24.2 Å². The van der Waals surface area contributed by atoms with Gasteiger partial charge >= 0.3 is 12.6 Å². The first-order valence-electron chi connectivity index (χ1n) is 13.9. The fourth-order valence-corrected chi connectivity index (χ4v) is 6.00. The monoisotopic (exact) mass is 532 g/mol. The molecule has 38 heavy (non-hydrogen) atoms. The molecule has 5 rings (SSSR count). The second-order valence-electron chi connectivity index (χ2n) is 10.8. The second kappa shape index (κ2) is 12.7. The van der Waals surface area contributed by atoms with Crippen LogP contribution in [0.1, 0.15) is 88.7 Å². The first-order chi connectivity index (χ1) is 18.5. The van der Waals surface area contributed by atoms with E-state index >= 15 is 0 Å². The van der Waals surface area contributed by atoms with Crippen molar-refractivity contribution in [2.24, 2.45) is 0 Å². The standard InChI is InChI=1S/C26H38F2N8O2/c27-24(28)38-20-7-3-6-19(14-20)32-26(37)31-18-10-8-17(9-11-18)30-25-29-13-12-22(34-25)33-23-15-21(35-36-23)16-4-1-2-5-16/h12-13,15-20,24H,1-11,14H2,(H2,31,32,37)(H3,29,30,33,34,35,36)/t17-,18-,19-,20-/m1/s1. The van der Waals surface area contributed by atoms with Crippen LogP contribution in [0.4, 0.5) is 31.2 Å². The average Bonchev–Trinajstić information content (AvgIpc) is 3.58. The van der Waals surface area contributed by atoms with Crippen LogP contribution >= 0.6 is 0 Å². The second-order valence-corrected chi connectivity index (χ2v) is 10.8. The van der Waals surface area contributed by atoms with Crippen LogP contribution in [0.25, 0.3) is 0 Å². The third kappa shape index (κ3) is 7.52. The minimum absolute atomic E-state index is 0.0763. The van der Waals surface area contributed by atoms with Gasteiger partial charge in [0, 0.05) is 42.0 Å². The Balaban J connectivity index is 1.04. The molecule has 2 amide bonds. The Morgan fingerprint density at radius 3 is 2.50 bits per heavy atom. The van der Waals surface area contributed by atoms with Crippen molar-refractivity contribution >= 4 is 23.6 Å². The summed E-state index contributed by atoms with van der Waals surface area (Å²) in [5, 5.41) is 20.2. The van der Waals surface area contributed by atoms with Crippen LogP contribution in [-0.4, -0.2) is 57.0 Å². The zero-order valence-electron chi connectivity index (χ0n) is 21.6. The van der Waals surface area contributed by atoms with Crippen LogP contribution in [0, 0.1) is 0 Å². The number of aromatic nitrogens is 4. The van der Waals surface area contributed by atoms with Crippen molar-refractivity contribution in [1.82, 2.24) is 30.8 Å².